The molecule has 0 atom stereocenters. The van der Waals surface area contributed by atoms with Gasteiger partial charge in [-0.3, -0.25) is 4.79 Å². The summed E-state index contributed by atoms with van der Waals surface area (Å²) >= 11 is 0. The van der Waals surface area contributed by atoms with Gasteiger partial charge in [-0.25, -0.2) is 0 Å². The Morgan fingerprint density at radius 3 is 2.39 bits per heavy atom. The fourth-order valence-electron chi connectivity index (χ4n) is 2.29. The monoisotopic (exact) mass is 259 g/mol. The van der Waals surface area contributed by atoms with E-state index in [-0.39, 0.29) is 5.41 Å². The number of rotatable bonds is 11. The highest BCUT2D eigenvalue weighted by molar-refractivity contribution is 5.68. The minimum atomic E-state index is -0.684. The number of ether oxygens (including phenoxy) is 2. The minimum absolute atomic E-state index is 0.0205. The summed E-state index contributed by atoms with van der Waals surface area (Å²) in [4.78, 5) is 13.2. The number of hydrogen-bond acceptors (Lipinski definition) is 4. The van der Waals surface area contributed by atoms with Crippen molar-refractivity contribution in [1.29, 1.82) is 0 Å². The van der Waals surface area contributed by atoms with Crippen molar-refractivity contribution in [3.8, 4) is 0 Å². The van der Waals surface area contributed by atoms with Crippen molar-refractivity contribution in [2.45, 2.75) is 25.7 Å². The van der Waals surface area contributed by atoms with Crippen LogP contribution in [0.25, 0.3) is 0 Å². The van der Waals surface area contributed by atoms with Crippen molar-refractivity contribution >= 4 is 5.97 Å². The molecule has 1 aliphatic carbocycles. The molecule has 0 unspecified atom stereocenters. The predicted molar refractivity (Wildman–Crippen MR) is 68.7 cm³/mol. The molecule has 1 N–H and O–H groups in total. The molecule has 0 aromatic carbocycles. The van der Waals surface area contributed by atoms with Crippen LogP contribution in [-0.4, -0.2) is 63.0 Å². The molecule has 0 radical (unpaired) electrons. The molecule has 0 aromatic heterocycles. The van der Waals surface area contributed by atoms with Crippen LogP contribution >= 0.6 is 0 Å². The highest BCUT2D eigenvalue weighted by atomic mass is 16.5. The molecule has 1 rings (SSSR count). The van der Waals surface area contributed by atoms with Gasteiger partial charge in [0, 0.05) is 40.5 Å². The van der Waals surface area contributed by atoms with Gasteiger partial charge in [0.15, 0.2) is 0 Å². The third kappa shape index (κ3) is 5.80. The first kappa shape index (κ1) is 15.4. The normalized spacial score (nSPS) is 17.1. The van der Waals surface area contributed by atoms with E-state index in [1.165, 1.54) is 0 Å². The summed E-state index contributed by atoms with van der Waals surface area (Å²) in [6.45, 7) is 4.11. The van der Waals surface area contributed by atoms with E-state index >= 15 is 0 Å². The lowest BCUT2D eigenvalue weighted by atomic mass is 10.0. The molecule has 0 saturated heterocycles. The first-order valence-electron chi connectivity index (χ1n) is 6.54. The third-order valence-corrected chi connectivity index (χ3v) is 3.48. The standard InChI is InChI=1S/C13H25NO4/c1-17-8-3-6-14(7-9-18-2)11-13(4-5-13)10-12(15)16/h3-11H2,1-2H3,(H,15,16). The molecular formula is C13H25NO4. The Balaban J connectivity index is 2.36. The molecule has 0 heterocycles. The summed E-state index contributed by atoms with van der Waals surface area (Å²) in [7, 11) is 3.39. The summed E-state index contributed by atoms with van der Waals surface area (Å²) < 4.78 is 10.2. The van der Waals surface area contributed by atoms with Crippen LogP contribution in [0.1, 0.15) is 25.7 Å². The summed E-state index contributed by atoms with van der Waals surface area (Å²) in [6.07, 6.45) is 3.34. The van der Waals surface area contributed by atoms with Crippen LogP contribution in [0.4, 0.5) is 0 Å². The third-order valence-electron chi connectivity index (χ3n) is 3.48. The number of carboxylic acid groups (broad SMARTS) is 1. The molecule has 5 heteroatoms. The van der Waals surface area contributed by atoms with Crippen LogP contribution in [0.3, 0.4) is 0 Å². The van der Waals surface area contributed by atoms with Gasteiger partial charge in [-0.1, -0.05) is 0 Å². The van der Waals surface area contributed by atoms with Crippen molar-refractivity contribution < 1.29 is 19.4 Å². The van der Waals surface area contributed by atoms with Gasteiger partial charge < -0.3 is 19.5 Å². The van der Waals surface area contributed by atoms with E-state index in [9.17, 15) is 4.79 Å². The average Bonchev–Trinajstić information content (AvgIpc) is 3.04. The Kier molecular flexibility index (Phi) is 6.60. The van der Waals surface area contributed by atoms with Crippen LogP contribution in [0.5, 0.6) is 0 Å². The lowest BCUT2D eigenvalue weighted by Crippen LogP contribution is -2.35. The molecule has 5 nitrogen and oxygen atoms in total. The van der Waals surface area contributed by atoms with Gasteiger partial charge >= 0.3 is 5.97 Å². The van der Waals surface area contributed by atoms with Crippen LogP contribution in [0.2, 0.25) is 0 Å². The van der Waals surface area contributed by atoms with Crippen molar-refractivity contribution in [2.24, 2.45) is 5.41 Å². The van der Waals surface area contributed by atoms with Gasteiger partial charge in [0.1, 0.15) is 0 Å². The van der Waals surface area contributed by atoms with Gasteiger partial charge in [0.05, 0.1) is 13.0 Å². The first-order chi connectivity index (χ1) is 8.62. The Hall–Kier alpha value is -0.650. The van der Waals surface area contributed by atoms with E-state index in [0.717, 1.165) is 45.5 Å². The van der Waals surface area contributed by atoms with E-state index < -0.39 is 5.97 Å². The number of carbonyl (C=O) groups is 1. The molecule has 106 valence electrons. The Morgan fingerprint density at radius 2 is 1.89 bits per heavy atom. The predicted octanol–water partition coefficient (Wildman–Crippen LogP) is 1.23. The lowest BCUT2D eigenvalue weighted by Gasteiger charge is -2.26. The van der Waals surface area contributed by atoms with Crippen LogP contribution in [-0.2, 0) is 14.3 Å². The summed E-state index contributed by atoms with van der Waals surface area (Å²) in [5, 5.41) is 8.93. The highest BCUT2D eigenvalue weighted by Crippen LogP contribution is 2.49. The number of carboxylic acids is 1. The fraction of sp³-hybridized carbons (Fsp3) is 0.923. The number of nitrogens with zero attached hydrogens (tertiary/aromatic N) is 1. The minimum Gasteiger partial charge on any atom is -0.481 e. The summed E-state index contributed by atoms with van der Waals surface area (Å²) in [6, 6.07) is 0. The number of hydrogen-bond donors (Lipinski definition) is 1. The van der Waals surface area contributed by atoms with Crippen molar-refractivity contribution in [3.63, 3.8) is 0 Å². The lowest BCUT2D eigenvalue weighted by molar-refractivity contribution is -0.138. The second-order valence-electron chi connectivity index (χ2n) is 5.19. The molecule has 0 bridgehead atoms. The molecule has 18 heavy (non-hydrogen) atoms. The molecular weight excluding hydrogens is 234 g/mol. The SMILES string of the molecule is COCCCN(CCOC)CC1(CC(=O)O)CC1. The van der Waals surface area contributed by atoms with Crippen LogP contribution in [0.15, 0.2) is 0 Å². The topological polar surface area (TPSA) is 59.0 Å². The molecule has 1 fully saturated rings. The highest BCUT2D eigenvalue weighted by Gasteiger charge is 2.45. The number of methoxy groups -OCH3 is 2. The van der Waals surface area contributed by atoms with Crippen LogP contribution < -0.4 is 0 Å². The summed E-state index contributed by atoms with van der Waals surface area (Å²) in [5.41, 5.74) is 0.0205. The van der Waals surface area contributed by atoms with E-state index in [1.807, 2.05) is 0 Å². The van der Waals surface area contributed by atoms with Gasteiger partial charge in [-0.15, -0.1) is 0 Å². The summed E-state index contributed by atoms with van der Waals surface area (Å²) in [5.74, 6) is -0.684. The average molecular weight is 259 g/mol. The zero-order valence-electron chi connectivity index (χ0n) is 11.5. The van der Waals surface area contributed by atoms with Crippen molar-refractivity contribution in [2.75, 3.05) is 47.1 Å². The molecule has 0 amide bonds. The van der Waals surface area contributed by atoms with Crippen molar-refractivity contribution in [1.82, 2.24) is 4.90 Å². The van der Waals surface area contributed by atoms with Gasteiger partial charge in [-0.05, 0) is 24.7 Å². The zero-order chi connectivity index (χ0) is 13.4. The molecule has 1 saturated carbocycles. The molecule has 1 aliphatic rings. The second kappa shape index (κ2) is 7.71. The van der Waals surface area contributed by atoms with E-state index in [4.69, 9.17) is 14.6 Å². The zero-order valence-corrected chi connectivity index (χ0v) is 11.5. The van der Waals surface area contributed by atoms with E-state index in [2.05, 4.69) is 4.90 Å². The Bertz CT molecular complexity index is 253. The molecule has 0 spiro atoms. The maximum Gasteiger partial charge on any atom is 0.303 e. The van der Waals surface area contributed by atoms with Crippen LogP contribution in [0, 0.1) is 5.41 Å². The maximum atomic E-state index is 10.8. The largest absolute Gasteiger partial charge is 0.481 e. The van der Waals surface area contributed by atoms with Gasteiger partial charge in [0.25, 0.3) is 0 Å². The first-order valence-corrected chi connectivity index (χ1v) is 6.54. The smallest absolute Gasteiger partial charge is 0.303 e. The Labute approximate surface area is 109 Å². The van der Waals surface area contributed by atoms with E-state index in [0.29, 0.717) is 13.0 Å². The molecule has 0 aliphatic heterocycles. The number of aliphatic carboxylic acids is 1. The van der Waals surface area contributed by atoms with Gasteiger partial charge in [-0.2, -0.15) is 0 Å². The quantitative estimate of drug-likeness (QED) is 0.565. The maximum absolute atomic E-state index is 10.8. The Morgan fingerprint density at radius 1 is 1.22 bits per heavy atom. The fourth-order valence-corrected chi connectivity index (χ4v) is 2.29. The second-order valence-corrected chi connectivity index (χ2v) is 5.19. The molecule has 0 aromatic rings. The van der Waals surface area contributed by atoms with E-state index in [1.54, 1.807) is 14.2 Å². The van der Waals surface area contributed by atoms with Gasteiger partial charge in [0.2, 0.25) is 0 Å². The van der Waals surface area contributed by atoms with Crippen molar-refractivity contribution in [3.05, 3.63) is 0 Å².